The first-order valence-electron chi connectivity index (χ1n) is 8.53. The molecule has 1 amide bonds. The lowest BCUT2D eigenvalue weighted by Crippen LogP contribution is -2.44. The Morgan fingerprint density at radius 3 is 2.68 bits per heavy atom. The molecule has 1 aliphatic rings. The highest BCUT2D eigenvalue weighted by Crippen LogP contribution is 2.36. The van der Waals surface area contributed by atoms with Crippen molar-refractivity contribution in [2.45, 2.75) is 25.8 Å². The van der Waals surface area contributed by atoms with Crippen LogP contribution in [-0.2, 0) is 4.79 Å². The van der Waals surface area contributed by atoms with Gasteiger partial charge in [0.2, 0.25) is 5.91 Å². The molecule has 1 fully saturated rings. The molecule has 2 aromatic heterocycles. The first-order valence-corrected chi connectivity index (χ1v) is 9.34. The molecule has 128 valence electrons. The predicted octanol–water partition coefficient (Wildman–Crippen LogP) is 3.46. The third-order valence-corrected chi connectivity index (χ3v) is 5.66. The van der Waals surface area contributed by atoms with Gasteiger partial charge in [-0.3, -0.25) is 4.79 Å². The number of nitrogens with one attached hydrogen (secondary N) is 1. The van der Waals surface area contributed by atoms with E-state index in [1.165, 1.54) is 10.4 Å². The van der Waals surface area contributed by atoms with Crippen molar-refractivity contribution >= 4 is 33.3 Å². The normalized spacial score (nSPS) is 15.5. The fourth-order valence-electron chi connectivity index (χ4n) is 3.36. The number of fused-ring (bicyclic) bond motifs is 1. The topological polar surface area (TPSA) is 58.1 Å². The average molecular weight is 352 g/mol. The number of piperidine rings is 1. The van der Waals surface area contributed by atoms with Crippen LogP contribution in [0.25, 0.3) is 20.7 Å². The molecule has 0 atom stereocenters. The molecule has 1 aliphatic heterocycles. The standard InChI is InChI=1S/C19H20N4OS/c1-13(24)22-15-7-9-23(10-8-15)18-16-11-17(14-5-3-2-4-6-14)25-19(16)21-12-20-18/h2-6,11-12,15H,7-10H2,1H3,(H,22,24). The van der Waals surface area contributed by atoms with Gasteiger partial charge in [0.25, 0.3) is 0 Å². The second-order valence-electron chi connectivity index (χ2n) is 6.35. The number of hydrogen-bond donors (Lipinski definition) is 1. The van der Waals surface area contributed by atoms with Crippen LogP contribution in [0.15, 0.2) is 42.7 Å². The van der Waals surface area contributed by atoms with E-state index >= 15 is 0 Å². The zero-order chi connectivity index (χ0) is 17.2. The van der Waals surface area contributed by atoms with E-state index in [0.29, 0.717) is 0 Å². The van der Waals surface area contributed by atoms with Crippen molar-refractivity contribution in [3.05, 3.63) is 42.7 Å². The Balaban J connectivity index is 1.60. The molecule has 3 heterocycles. The average Bonchev–Trinajstić information content (AvgIpc) is 3.07. The number of carbonyl (C=O) groups excluding carboxylic acids is 1. The molecule has 1 saturated heterocycles. The molecule has 0 bridgehead atoms. The Morgan fingerprint density at radius 1 is 1.20 bits per heavy atom. The summed E-state index contributed by atoms with van der Waals surface area (Å²) < 4.78 is 0. The summed E-state index contributed by atoms with van der Waals surface area (Å²) >= 11 is 1.70. The summed E-state index contributed by atoms with van der Waals surface area (Å²) in [5, 5.41) is 4.14. The number of rotatable bonds is 3. The van der Waals surface area contributed by atoms with Crippen LogP contribution in [0, 0.1) is 0 Å². The molecule has 0 radical (unpaired) electrons. The lowest BCUT2D eigenvalue weighted by Gasteiger charge is -2.33. The summed E-state index contributed by atoms with van der Waals surface area (Å²) in [7, 11) is 0. The van der Waals surface area contributed by atoms with E-state index in [4.69, 9.17) is 0 Å². The van der Waals surface area contributed by atoms with Crippen LogP contribution in [0.3, 0.4) is 0 Å². The third-order valence-electron chi connectivity index (χ3n) is 4.57. The highest BCUT2D eigenvalue weighted by molar-refractivity contribution is 7.21. The van der Waals surface area contributed by atoms with Crippen molar-refractivity contribution in [3.63, 3.8) is 0 Å². The number of nitrogens with zero attached hydrogens (tertiary/aromatic N) is 3. The zero-order valence-electron chi connectivity index (χ0n) is 14.1. The van der Waals surface area contributed by atoms with Gasteiger partial charge in [-0.05, 0) is 24.5 Å². The molecule has 0 spiro atoms. The van der Waals surface area contributed by atoms with Crippen molar-refractivity contribution in [3.8, 4) is 10.4 Å². The smallest absolute Gasteiger partial charge is 0.217 e. The molecule has 0 aliphatic carbocycles. The van der Waals surface area contributed by atoms with Crippen LogP contribution in [0.5, 0.6) is 0 Å². The Bertz CT molecular complexity index is 885. The fraction of sp³-hybridized carbons (Fsp3) is 0.316. The van der Waals surface area contributed by atoms with E-state index < -0.39 is 0 Å². The highest BCUT2D eigenvalue weighted by Gasteiger charge is 2.22. The molecule has 1 N–H and O–H groups in total. The molecule has 5 nitrogen and oxygen atoms in total. The SMILES string of the molecule is CC(=O)NC1CCN(c2ncnc3sc(-c4ccccc4)cc23)CC1. The Hall–Kier alpha value is -2.47. The van der Waals surface area contributed by atoms with E-state index in [9.17, 15) is 4.79 Å². The van der Waals surface area contributed by atoms with Gasteiger partial charge >= 0.3 is 0 Å². The van der Waals surface area contributed by atoms with E-state index in [1.807, 2.05) is 6.07 Å². The third kappa shape index (κ3) is 3.35. The van der Waals surface area contributed by atoms with Crippen LogP contribution >= 0.6 is 11.3 Å². The summed E-state index contributed by atoms with van der Waals surface area (Å²) in [6.45, 7) is 3.37. The van der Waals surface area contributed by atoms with Gasteiger partial charge in [0.1, 0.15) is 17.0 Å². The van der Waals surface area contributed by atoms with Crippen LogP contribution in [-0.4, -0.2) is 35.0 Å². The summed E-state index contributed by atoms with van der Waals surface area (Å²) in [6.07, 6.45) is 3.55. The van der Waals surface area contributed by atoms with Gasteiger partial charge in [-0.1, -0.05) is 30.3 Å². The number of aromatic nitrogens is 2. The maximum Gasteiger partial charge on any atom is 0.217 e. The summed E-state index contributed by atoms with van der Waals surface area (Å²) in [6, 6.07) is 12.9. The second kappa shape index (κ2) is 6.80. The van der Waals surface area contributed by atoms with Gasteiger partial charge in [-0.15, -0.1) is 11.3 Å². The van der Waals surface area contributed by atoms with Gasteiger partial charge in [-0.25, -0.2) is 9.97 Å². The van der Waals surface area contributed by atoms with Gasteiger partial charge in [0, 0.05) is 30.9 Å². The van der Waals surface area contributed by atoms with Gasteiger partial charge in [-0.2, -0.15) is 0 Å². The maximum absolute atomic E-state index is 11.2. The van der Waals surface area contributed by atoms with E-state index in [-0.39, 0.29) is 11.9 Å². The first-order chi connectivity index (χ1) is 12.2. The minimum absolute atomic E-state index is 0.0493. The van der Waals surface area contributed by atoms with E-state index in [2.05, 4.69) is 50.5 Å². The molecular formula is C19H20N4OS. The van der Waals surface area contributed by atoms with Gasteiger partial charge in [0.15, 0.2) is 0 Å². The largest absolute Gasteiger partial charge is 0.356 e. The minimum Gasteiger partial charge on any atom is -0.356 e. The highest BCUT2D eigenvalue weighted by atomic mass is 32.1. The predicted molar refractivity (Wildman–Crippen MR) is 102 cm³/mol. The first kappa shape index (κ1) is 16.0. The Labute approximate surface area is 150 Å². The van der Waals surface area contributed by atoms with Crippen LogP contribution in [0.4, 0.5) is 5.82 Å². The summed E-state index contributed by atoms with van der Waals surface area (Å²) in [5.74, 6) is 1.05. The maximum atomic E-state index is 11.2. The molecule has 25 heavy (non-hydrogen) atoms. The fourth-order valence-corrected chi connectivity index (χ4v) is 4.36. The van der Waals surface area contributed by atoms with Crippen molar-refractivity contribution in [2.24, 2.45) is 0 Å². The molecule has 3 aromatic rings. The molecule has 0 unspecified atom stereocenters. The number of thiophene rings is 1. The lowest BCUT2D eigenvalue weighted by atomic mass is 10.0. The monoisotopic (exact) mass is 352 g/mol. The van der Waals surface area contributed by atoms with Crippen molar-refractivity contribution in [1.29, 1.82) is 0 Å². The number of amides is 1. The molecule has 0 saturated carbocycles. The van der Waals surface area contributed by atoms with Crippen LogP contribution in [0.2, 0.25) is 0 Å². The second-order valence-corrected chi connectivity index (χ2v) is 7.39. The summed E-state index contributed by atoms with van der Waals surface area (Å²) in [4.78, 5) is 24.8. The Morgan fingerprint density at radius 2 is 1.96 bits per heavy atom. The summed E-state index contributed by atoms with van der Waals surface area (Å²) in [5.41, 5.74) is 1.21. The lowest BCUT2D eigenvalue weighted by molar-refractivity contribution is -0.119. The Kier molecular flexibility index (Phi) is 4.36. The van der Waals surface area contributed by atoms with E-state index in [1.54, 1.807) is 24.6 Å². The van der Waals surface area contributed by atoms with Crippen molar-refractivity contribution in [1.82, 2.24) is 15.3 Å². The van der Waals surface area contributed by atoms with Crippen molar-refractivity contribution in [2.75, 3.05) is 18.0 Å². The van der Waals surface area contributed by atoms with E-state index in [0.717, 1.165) is 42.0 Å². The molecule has 1 aromatic carbocycles. The van der Waals surface area contributed by atoms with Gasteiger partial charge < -0.3 is 10.2 Å². The number of anilines is 1. The minimum atomic E-state index is 0.0493. The van der Waals surface area contributed by atoms with Gasteiger partial charge in [0.05, 0.1) is 5.39 Å². The molecular weight excluding hydrogens is 332 g/mol. The molecule has 4 rings (SSSR count). The number of carbonyl (C=O) groups is 1. The quantitative estimate of drug-likeness (QED) is 0.784. The van der Waals surface area contributed by atoms with Crippen LogP contribution < -0.4 is 10.2 Å². The number of hydrogen-bond acceptors (Lipinski definition) is 5. The zero-order valence-corrected chi connectivity index (χ0v) is 14.9. The molecule has 6 heteroatoms. The van der Waals surface area contributed by atoms with Crippen LogP contribution in [0.1, 0.15) is 19.8 Å². The number of benzene rings is 1. The van der Waals surface area contributed by atoms with Crippen molar-refractivity contribution < 1.29 is 4.79 Å².